The third kappa shape index (κ3) is 5.20. The summed E-state index contributed by atoms with van der Waals surface area (Å²) in [7, 11) is 0. The number of anilines is 1. The Morgan fingerprint density at radius 1 is 1.18 bits per heavy atom. The van der Waals surface area contributed by atoms with Crippen LogP contribution in [0.3, 0.4) is 0 Å². The molecule has 0 unspecified atom stereocenters. The summed E-state index contributed by atoms with van der Waals surface area (Å²) < 4.78 is 4.41. The van der Waals surface area contributed by atoms with E-state index in [9.17, 15) is 0 Å². The summed E-state index contributed by atoms with van der Waals surface area (Å²) in [4.78, 5) is 18.9. The summed E-state index contributed by atoms with van der Waals surface area (Å²) >= 11 is 3.23. The Bertz CT molecular complexity index is 782. The zero-order chi connectivity index (χ0) is 20.1. The Kier molecular flexibility index (Phi) is 6.87. The fourth-order valence-electron chi connectivity index (χ4n) is 2.93. The molecule has 0 atom stereocenters. The molecule has 154 valence electrons. The molecule has 28 heavy (non-hydrogen) atoms. The molecule has 0 amide bonds. The summed E-state index contributed by atoms with van der Waals surface area (Å²) in [6.45, 7) is 16.0. The van der Waals surface area contributed by atoms with E-state index in [1.54, 1.807) is 11.3 Å². The van der Waals surface area contributed by atoms with Gasteiger partial charge >= 0.3 is 0 Å². The molecule has 0 aliphatic carbocycles. The van der Waals surface area contributed by atoms with Crippen molar-refractivity contribution < 1.29 is 0 Å². The number of aryl methyl sites for hydroxylation is 1. The molecule has 1 saturated heterocycles. The molecular weight excluding hydrogens is 390 g/mol. The number of nitrogens with zero attached hydrogens (tertiary/aromatic N) is 6. The number of nitrogens with one attached hydrogen (secondary N) is 1. The van der Waals surface area contributed by atoms with Crippen LogP contribution in [0.15, 0.2) is 10.4 Å². The Balaban J connectivity index is 1.61. The van der Waals surface area contributed by atoms with E-state index in [4.69, 9.17) is 9.98 Å². The van der Waals surface area contributed by atoms with Gasteiger partial charge < -0.3 is 15.1 Å². The van der Waals surface area contributed by atoms with Crippen LogP contribution in [-0.2, 0) is 18.4 Å². The van der Waals surface area contributed by atoms with E-state index < -0.39 is 0 Å². The highest BCUT2D eigenvalue weighted by molar-refractivity contribution is 7.10. The molecule has 3 heterocycles. The van der Waals surface area contributed by atoms with Crippen LogP contribution < -0.4 is 10.2 Å². The van der Waals surface area contributed by atoms with Gasteiger partial charge in [-0.05, 0) is 6.92 Å². The highest BCUT2D eigenvalue weighted by atomic mass is 32.1. The van der Waals surface area contributed by atoms with E-state index in [2.05, 4.69) is 64.5 Å². The lowest BCUT2D eigenvalue weighted by molar-refractivity contribution is 0.372. The van der Waals surface area contributed by atoms with E-state index in [1.165, 1.54) is 16.5 Å². The molecule has 1 fully saturated rings. The van der Waals surface area contributed by atoms with Gasteiger partial charge in [0.25, 0.3) is 0 Å². The van der Waals surface area contributed by atoms with Crippen LogP contribution in [-0.4, -0.2) is 57.9 Å². The first-order valence-corrected chi connectivity index (χ1v) is 11.6. The summed E-state index contributed by atoms with van der Waals surface area (Å²) in [5, 5.41) is 7.77. The van der Waals surface area contributed by atoms with Gasteiger partial charge in [0.05, 0.1) is 17.2 Å². The summed E-state index contributed by atoms with van der Waals surface area (Å²) in [6, 6.07) is 0. The van der Waals surface area contributed by atoms with Gasteiger partial charge in [0.15, 0.2) is 5.96 Å². The first-order valence-electron chi connectivity index (χ1n) is 9.96. The molecule has 1 aliphatic heterocycles. The number of piperazine rings is 1. The molecule has 0 saturated carbocycles. The SMILES string of the molecule is CCNC(=NCc1csc(C(C)(C)C)n1)N1CCN(c2nc(CC)ns2)CC1. The lowest BCUT2D eigenvalue weighted by atomic mass is 9.98. The minimum Gasteiger partial charge on any atom is -0.357 e. The molecular formula is C19H31N7S2. The number of guanidine groups is 1. The Morgan fingerprint density at radius 3 is 2.50 bits per heavy atom. The van der Waals surface area contributed by atoms with E-state index in [0.29, 0.717) is 6.54 Å². The van der Waals surface area contributed by atoms with Gasteiger partial charge in [-0.2, -0.15) is 4.37 Å². The lowest BCUT2D eigenvalue weighted by Crippen LogP contribution is -2.52. The van der Waals surface area contributed by atoms with Crippen molar-refractivity contribution in [2.24, 2.45) is 4.99 Å². The highest BCUT2D eigenvalue weighted by Crippen LogP contribution is 2.26. The minimum atomic E-state index is 0.0930. The van der Waals surface area contributed by atoms with Gasteiger partial charge in [-0.25, -0.2) is 15.0 Å². The van der Waals surface area contributed by atoms with Crippen molar-refractivity contribution in [1.29, 1.82) is 0 Å². The second-order valence-corrected chi connectivity index (χ2v) is 9.47. The van der Waals surface area contributed by atoms with Crippen LogP contribution in [0, 0.1) is 0 Å². The van der Waals surface area contributed by atoms with Crippen molar-refractivity contribution in [2.45, 2.75) is 53.0 Å². The molecule has 1 aliphatic rings. The Labute approximate surface area is 176 Å². The third-order valence-corrected chi connectivity index (χ3v) is 6.67. The maximum atomic E-state index is 4.85. The van der Waals surface area contributed by atoms with Crippen molar-refractivity contribution in [3.05, 3.63) is 21.9 Å². The molecule has 2 aromatic rings. The number of hydrogen-bond donors (Lipinski definition) is 1. The molecule has 0 radical (unpaired) electrons. The predicted octanol–water partition coefficient (Wildman–Crippen LogP) is 3.14. The number of hydrogen-bond acceptors (Lipinski definition) is 7. The van der Waals surface area contributed by atoms with Crippen LogP contribution in [0.2, 0.25) is 0 Å². The normalized spacial score (nSPS) is 16.0. The molecule has 9 heteroatoms. The van der Waals surface area contributed by atoms with Gasteiger partial charge in [-0.3, -0.25) is 0 Å². The molecule has 7 nitrogen and oxygen atoms in total. The van der Waals surface area contributed by atoms with E-state index in [1.807, 2.05) is 0 Å². The smallest absolute Gasteiger partial charge is 0.205 e. The number of rotatable bonds is 5. The van der Waals surface area contributed by atoms with Gasteiger partial charge in [-0.1, -0.05) is 27.7 Å². The maximum Gasteiger partial charge on any atom is 0.205 e. The average molecular weight is 422 g/mol. The fraction of sp³-hybridized carbons (Fsp3) is 0.684. The molecule has 1 N–H and O–H groups in total. The molecule has 0 bridgehead atoms. The van der Waals surface area contributed by atoms with E-state index in [0.717, 1.165) is 61.8 Å². The second kappa shape index (κ2) is 9.17. The van der Waals surface area contributed by atoms with Gasteiger partial charge in [0.2, 0.25) is 5.13 Å². The molecule has 3 rings (SSSR count). The monoisotopic (exact) mass is 421 g/mol. The van der Waals surface area contributed by atoms with Crippen molar-refractivity contribution >= 4 is 34.0 Å². The molecule has 2 aromatic heterocycles. The number of thiazole rings is 1. The largest absolute Gasteiger partial charge is 0.357 e. The number of aromatic nitrogens is 3. The zero-order valence-electron chi connectivity index (χ0n) is 17.5. The van der Waals surface area contributed by atoms with Crippen molar-refractivity contribution in [3.63, 3.8) is 0 Å². The number of aliphatic imine (C=N–C) groups is 1. The van der Waals surface area contributed by atoms with Crippen molar-refractivity contribution in [3.8, 4) is 0 Å². The Hall–Kier alpha value is -1.74. The van der Waals surface area contributed by atoms with Crippen LogP contribution in [0.5, 0.6) is 0 Å². The second-order valence-electron chi connectivity index (χ2n) is 7.88. The summed E-state index contributed by atoms with van der Waals surface area (Å²) in [5.41, 5.74) is 1.14. The van der Waals surface area contributed by atoms with Crippen LogP contribution in [0.25, 0.3) is 0 Å². The van der Waals surface area contributed by atoms with Gasteiger partial charge in [-0.15, -0.1) is 11.3 Å². The first-order chi connectivity index (χ1) is 13.4. The fourth-order valence-corrected chi connectivity index (χ4v) is 4.63. The van der Waals surface area contributed by atoms with E-state index >= 15 is 0 Å². The molecule has 0 aromatic carbocycles. The quantitative estimate of drug-likeness (QED) is 0.591. The standard InChI is InChI=1S/C19H31N7S2/c1-6-15-23-18(28-24-15)26-10-8-25(9-11-26)17(20-7-2)21-12-14-13-27-16(22-14)19(3,4)5/h13H,6-12H2,1-5H3,(H,20,21). The van der Waals surface area contributed by atoms with Crippen molar-refractivity contribution in [1.82, 2.24) is 24.6 Å². The van der Waals surface area contributed by atoms with Crippen LogP contribution >= 0.6 is 22.9 Å². The van der Waals surface area contributed by atoms with Gasteiger partial charge in [0.1, 0.15) is 5.82 Å². The van der Waals surface area contributed by atoms with Crippen LogP contribution in [0.4, 0.5) is 5.13 Å². The predicted molar refractivity (Wildman–Crippen MR) is 119 cm³/mol. The van der Waals surface area contributed by atoms with Crippen molar-refractivity contribution in [2.75, 3.05) is 37.6 Å². The first kappa shape index (κ1) is 21.0. The molecule has 0 spiro atoms. The maximum absolute atomic E-state index is 4.85. The Morgan fingerprint density at radius 2 is 1.93 bits per heavy atom. The topological polar surface area (TPSA) is 69.5 Å². The summed E-state index contributed by atoms with van der Waals surface area (Å²) in [5.74, 6) is 1.91. The van der Waals surface area contributed by atoms with Crippen LogP contribution in [0.1, 0.15) is 51.1 Å². The summed E-state index contributed by atoms with van der Waals surface area (Å²) in [6.07, 6.45) is 0.890. The highest BCUT2D eigenvalue weighted by Gasteiger charge is 2.22. The van der Waals surface area contributed by atoms with E-state index in [-0.39, 0.29) is 5.41 Å². The minimum absolute atomic E-state index is 0.0930. The average Bonchev–Trinajstić information content (AvgIpc) is 3.34. The third-order valence-electron chi connectivity index (χ3n) is 4.54. The lowest BCUT2D eigenvalue weighted by Gasteiger charge is -2.36. The zero-order valence-corrected chi connectivity index (χ0v) is 19.2. The van der Waals surface area contributed by atoms with Gasteiger partial charge in [0, 0.05) is 61.5 Å².